The van der Waals surface area contributed by atoms with E-state index in [2.05, 4.69) is 30.9 Å². The zero-order chi connectivity index (χ0) is 19.2. The first-order chi connectivity index (χ1) is 13.7. The zero-order valence-corrected chi connectivity index (χ0v) is 16.0. The third kappa shape index (κ3) is 5.66. The fraction of sp³-hybridized carbons (Fsp3) is 0.0500. The Morgan fingerprint density at radius 1 is 0.724 bits per heavy atom. The van der Waals surface area contributed by atoms with E-state index in [1.807, 2.05) is 42.5 Å². The fourth-order valence-corrected chi connectivity index (χ4v) is 2.46. The molecule has 0 fully saturated rings. The van der Waals surface area contributed by atoms with Gasteiger partial charge in [-0.3, -0.25) is 0 Å². The number of benzene rings is 2. The van der Waals surface area contributed by atoms with Crippen LogP contribution in [0.25, 0.3) is 0 Å². The Hall–Kier alpha value is -3.65. The van der Waals surface area contributed by atoms with Gasteiger partial charge in [0.25, 0.3) is 0 Å². The highest BCUT2D eigenvalue weighted by Crippen LogP contribution is 2.19. The van der Waals surface area contributed by atoms with Gasteiger partial charge in [-0.1, -0.05) is 18.2 Å². The van der Waals surface area contributed by atoms with Gasteiger partial charge < -0.3 is 20.4 Å². The lowest BCUT2D eigenvalue weighted by molar-refractivity contribution is 0.517. The van der Waals surface area contributed by atoms with Crippen molar-refractivity contribution < 1.29 is 8.81 Å². The molecule has 0 bridgehead atoms. The number of nitrogens with one attached hydrogen (secondary N) is 3. The molecule has 4 rings (SSSR count). The standard InChI is InChI=1S/C20H17FN6O.ClH/c21-14-8-10-16(11-9-14)24-20-26-18(22-13-17-7-4-12-28-17)25-19(27-20)23-15-5-2-1-3-6-15;/h1-12H,13H2,(H3,22,23,24,25,26,27);1H. The lowest BCUT2D eigenvalue weighted by Gasteiger charge is -2.11. The molecule has 0 aliphatic carbocycles. The van der Waals surface area contributed by atoms with Crippen LogP contribution in [-0.2, 0) is 6.54 Å². The van der Waals surface area contributed by atoms with Crippen LogP contribution in [0, 0.1) is 5.82 Å². The Labute approximate surface area is 172 Å². The summed E-state index contributed by atoms with van der Waals surface area (Å²) in [5, 5.41) is 9.32. The molecule has 2 heterocycles. The van der Waals surface area contributed by atoms with E-state index in [0.29, 0.717) is 30.1 Å². The molecule has 0 aliphatic heterocycles. The molecule has 0 amide bonds. The van der Waals surface area contributed by atoms with Crippen LogP contribution in [0.4, 0.5) is 33.6 Å². The highest BCUT2D eigenvalue weighted by atomic mass is 35.5. The van der Waals surface area contributed by atoms with Crippen molar-refractivity contribution in [1.29, 1.82) is 0 Å². The van der Waals surface area contributed by atoms with Crippen LogP contribution < -0.4 is 16.0 Å². The van der Waals surface area contributed by atoms with Gasteiger partial charge in [0.1, 0.15) is 11.6 Å². The Morgan fingerprint density at radius 2 is 1.34 bits per heavy atom. The van der Waals surface area contributed by atoms with Crippen LogP contribution in [0.1, 0.15) is 5.76 Å². The summed E-state index contributed by atoms with van der Waals surface area (Å²) in [6, 6.07) is 19.2. The summed E-state index contributed by atoms with van der Waals surface area (Å²) in [6.07, 6.45) is 1.61. The van der Waals surface area contributed by atoms with E-state index in [1.165, 1.54) is 12.1 Å². The van der Waals surface area contributed by atoms with Gasteiger partial charge in [0.05, 0.1) is 12.8 Å². The van der Waals surface area contributed by atoms with E-state index in [1.54, 1.807) is 18.4 Å². The Morgan fingerprint density at radius 3 is 1.97 bits per heavy atom. The molecule has 0 atom stereocenters. The third-order valence-corrected chi connectivity index (χ3v) is 3.77. The molecule has 0 unspecified atom stereocenters. The maximum atomic E-state index is 13.1. The molecule has 148 valence electrons. The highest BCUT2D eigenvalue weighted by Gasteiger charge is 2.08. The molecular weight excluding hydrogens is 395 g/mol. The molecule has 0 saturated carbocycles. The van der Waals surface area contributed by atoms with Crippen LogP contribution in [0.15, 0.2) is 77.4 Å². The fourth-order valence-electron chi connectivity index (χ4n) is 2.46. The van der Waals surface area contributed by atoms with Gasteiger partial charge in [0.15, 0.2) is 0 Å². The van der Waals surface area contributed by atoms with Crippen molar-refractivity contribution in [3.63, 3.8) is 0 Å². The zero-order valence-electron chi connectivity index (χ0n) is 15.2. The van der Waals surface area contributed by atoms with Gasteiger partial charge in [-0.25, -0.2) is 4.39 Å². The molecule has 2 aromatic heterocycles. The van der Waals surface area contributed by atoms with E-state index in [0.717, 1.165) is 11.4 Å². The second kappa shape index (κ2) is 9.52. The van der Waals surface area contributed by atoms with Crippen molar-refractivity contribution in [3.05, 3.63) is 84.6 Å². The van der Waals surface area contributed by atoms with Crippen molar-refractivity contribution in [2.75, 3.05) is 16.0 Å². The molecule has 4 aromatic rings. The van der Waals surface area contributed by atoms with Crippen LogP contribution in [0.2, 0.25) is 0 Å². The number of aromatic nitrogens is 3. The lowest BCUT2D eigenvalue weighted by atomic mass is 10.3. The van der Waals surface area contributed by atoms with Gasteiger partial charge in [0.2, 0.25) is 17.8 Å². The number of nitrogens with zero attached hydrogens (tertiary/aromatic N) is 3. The summed E-state index contributed by atoms with van der Waals surface area (Å²) in [7, 11) is 0. The minimum atomic E-state index is -0.312. The molecule has 0 radical (unpaired) electrons. The van der Waals surface area contributed by atoms with Crippen LogP contribution in [0.5, 0.6) is 0 Å². The molecule has 9 heteroatoms. The maximum absolute atomic E-state index is 13.1. The normalized spacial score (nSPS) is 10.1. The molecule has 0 spiro atoms. The van der Waals surface area contributed by atoms with Crippen LogP contribution in [0.3, 0.4) is 0 Å². The number of rotatable bonds is 7. The summed E-state index contributed by atoms with van der Waals surface area (Å²) in [5.41, 5.74) is 1.51. The van der Waals surface area contributed by atoms with Gasteiger partial charge in [0, 0.05) is 11.4 Å². The number of para-hydroxylation sites is 1. The van der Waals surface area contributed by atoms with E-state index in [9.17, 15) is 4.39 Å². The number of hydrogen-bond acceptors (Lipinski definition) is 7. The predicted octanol–water partition coefficient (Wildman–Crippen LogP) is 5.12. The lowest BCUT2D eigenvalue weighted by Crippen LogP contribution is -2.09. The average molecular weight is 413 g/mol. The first-order valence-corrected chi connectivity index (χ1v) is 8.61. The molecular formula is C20H18ClFN6O. The maximum Gasteiger partial charge on any atom is 0.233 e. The monoisotopic (exact) mass is 412 g/mol. The third-order valence-electron chi connectivity index (χ3n) is 3.77. The average Bonchev–Trinajstić information content (AvgIpc) is 3.23. The molecule has 0 aliphatic rings. The minimum absolute atomic E-state index is 0. The summed E-state index contributed by atoms with van der Waals surface area (Å²) in [6.45, 7) is 0.428. The molecule has 0 saturated heterocycles. The number of halogens is 2. The molecule has 2 aromatic carbocycles. The number of anilines is 5. The smallest absolute Gasteiger partial charge is 0.233 e. The summed E-state index contributed by atoms with van der Waals surface area (Å²) >= 11 is 0. The van der Waals surface area contributed by atoms with Crippen molar-refractivity contribution in [2.24, 2.45) is 0 Å². The van der Waals surface area contributed by atoms with E-state index in [4.69, 9.17) is 4.42 Å². The van der Waals surface area contributed by atoms with Crippen molar-refractivity contribution in [3.8, 4) is 0 Å². The van der Waals surface area contributed by atoms with Crippen molar-refractivity contribution in [1.82, 2.24) is 15.0 Å². The largest absolute Gasteiger partial charge is 0.467 e. The van der Waals surface area contributed by atoms with Gasteiger partial charge in [-0.2, -0.15) is 15.0 Å². The van der Waals surface area contributed by atoms with Gasteiger partial charge in [-0.05, 0) is 48.5 Å². The second-order valence-electron chi connectivity index (χ2n) is 5.86. The molecule has 7 nitrogen and oxygen atoms in total. The SMILES string of the molecule is Cl.Fc1ccc(Nc2nc(NCc3ccco3)nc(Nc3ccccc3)n2)cc1. The first kappa shape index (κ1) is 20.1. The van der Waals surface area contributed by atoms with Crippen molar-refractivity contribution in [2.45, 2.75) is 6.54 Å². The van der Waals surface area contributed by atoms with Crippen molar-refractivity contribution >= 4 is 41.6 Å². The van der Waals surface area contributed by atoms with Crippen LogP contribution >= 0.6 is 12.4 Å². The highest BCUT2D eigenvalue weighted by molar-refractivity contribution is 5.85. The van der Waals surface area contributed by atoms with E-state index in [-0.39, 0.29) is 18.2 Å². The predicted molar refractivity (Wildman–Crippen MR) is 113 cm³/mol. The Bertz CT molecular complexity index is 1030. The minimum Gasteiger partial charge on any atom is -0.467 e. The Kier molecular flexibility index (Phi) is 6.59. The second-order valence-corrected chi connectivity index (χ2v) is 5.86. The van der Waals surface area contributed by atoms with Crippen LogP contribution in [-0.4, -0.2) is 15.0 Å². The first-order valence-electron chi connectivity index (χ1n) is 8.61. The quantitative estimate of drug-likeness (QED) is 0.388. The summed E-state index contributed by atoms with van der Waals surface area (Å²) < 4.78 is 18.5. The number of furan rings is 1. The topological polar surface area (TPSA) is 87.9 Å². The molecule has 29 heavy (non-hydrogen) atoms. The van der Waals surface area contributed by atoms with Gasteiger partial charge in [-0.15, -0.1) is 12.4 Å². The van der Waals surface area contributed by atoms with E-state index >= 15 is 0 Å². The number of hydrogen-bond donors (Lipinski definition) is 3. The van der Waals surface area contributed by atoms with E-state index < -0.39 is 0 Å². The summed E-state index contributed by atoms with van der Waals surface area (Å²) in [5.74, 6) is 1.50. The Balaban J connectivity index is 0.00000240. The summed E-state index contributed by atoms with van der Waals surface area (Å²) in [4.78, 5) is 13.2. The molecule has 3 N–H and O–H groups in total. The van der Waals surface area contributed by atoms with Gasteiger partial charge >= 0.3 is 0 Å².